The summed E-state index contributed by atoms with van der Waals surface area (Å²) >= 11 is 0. The van der Waals surface area contributed by atoms with Crippen molar-refractivity contribution in [1.29, 1.82) is 0 Å². The molecule has 0 aliphatic heterocycles. The third kappa shape index (κ3) is 2.54. The molecular formula is C17H20O2Si. The molecule has 0 N–H and O–H groups in total. The lowest BCUT2D eigenvalue weighted by Gasteiger charge is -2.34. The number of hydrogen-bond donors (Lipinski definition) is 0. The van der Waals surface area contributed by atoms with E-state index in [1.54, 1.807) is 0 Å². The normalized spacial score (nSPS) is 15.3. The van der Waals surface area contributed by atoms with Gasteiger partial charge >= 0.3 is 5.97 Å². The first-order valence-corrected chi connectivity index (χ1v) is 7.61. The Morgan fingerprint density at radius 2 is 1.55 bits per heavy atom. The topological polar surface area (TPSA) is 26.3 Å². The van der Waals surface area contributed by atoms with Gasteiger partial charge in [-0.25, -0.2) is 0 Å². The zero-order chi connectivity index (χ0) is 14.6. The average molecular weight is 284 g/mol. The van der Waals surface area contributed by atoms with Gasteiger partial charge in [0.2, 0.25) is 10.5 Å². The van der Waals surface area contributed by atoms with Gasteiger partial charge in [-0.3, -0.25) is 4.79 Å². The predicted octanol–water partition coefficient (Wildman–Crippen LogP) is 2.57. The van der Waals surface area contributed by atoms with Gasteiger partial charge in [-0.15, -0.1) is 0 Å². The van der Waals surface area contributed by atoms with E-state index < -0.39 is 5.41 Å². The molecule has 20 heavy (non-hydrogen) atoms. The highest BCUT2D eigenvalue weighted by atomic mass is 28.2. The summed E-state index contributed by atoms with van der Waals surface area (Å²) in [6.45, 7) is 4.06. The minimum atomic E-state index is -0.662. The summed E-state index contributed by atoms with van der Waals surface area (Å²) in [5, 5.41) is 0. The van der Waals surface area contributed by atoms with E-state index in [0.717, 1.165) is 11.1 Å². The molecule has 0 spiro atoms. The summed E-state index contributed by atoms with van der Waals surface area (Å²) in [6, 6.07) is 20.0. The third-order valence-corrected chi connectivity index (χ3v) is 4.52. The van der Waals surface area contributed by atoms with E-state index in [2.05, 4.69) is 19.1 Å². The van der Waals surface area contributed by atoms with Gasteiger partial charge in [0.15, 0.2) is 0 Å². The molecule has 3 heteroatoms. The number of benzene rings is 2. The second-order valence-corrected chi connectivity index (χ2v) is 5.60. The fourth-order valence-electron chi connectivity index (χ4n) is 2.62. The monoisotopic (exact) mass is 284 g/mol. The van der Waals surface area contributed by atoms with Crippen molar-refractivity contribution in [2.45, 2.75) is 25.2 Å². The molecule has 0 radical (unpaired) electrons. The lowest BCUT2D eigenvalue weighted by atomic mass is 9.70. The average Bonchev–Trinajstić information content (AvgIpc) is 2.54. The highest BCUT2D eigenvalue weighted by Gasteiger charge is 2.41. The van der Waals surface area contributed by atoms with Crippen LogP contribution >= 0.6 is 0 Å². The zero-order valence-corrected chi connectivity index (χ0v) is 14.2. The van der Waals surface area contributed by atoms with Crippen molar-refractivity contribution >= 4 is 16.5 Å². The Hall–Kier alpha value is -1.87. The molecule has 2 rings (SSSR count). The van der Waals surface area contributed by atoms with Gasteiger partial charge in [-0.05, 0) is 18.1 Å². The van der Waals surface area contributed by atoms with Crippen LogP contribution in [0, 0.1) is 0 Å². The number of carbonyl (C=O) groups is 1. The first-order chi connectivity index (χ1) is 9.60. The molecule has 0 fully saturated rings. The minimum Gasteiger partial charge on any atom is -0.528 e. The molecule has 104 valence electrons. The Morgan fingerprint density at radius 3 is 2.05 bits per heavy atom. The Balaban J connectivity index is 2.51. The maximum Gasteiger partial charge on any atom is 0.302 e. The van der Waals surface area contributed by atoms with Crippen molar-refractivity contribution in [3.05, 3.63) is 71.8 Å². The maximum absolute atomic E-state index is 12.5. The van der Waals surface area contributed by atoms with E-state index in [1.807, 2.05) is 55.5 Å². The molecule has 0 heterocycles. The highest BCUT2D eigenvalue weighted by molar-refractivity contribution is 6.07. The van der Waals surface area contributed by atoms with Crippen molar-refractivity contribution in [3.63, 3.8) is 0 Å². The van der Waals surface area contributed by atoms with E-state index >= 15 is 0 Å². The van der Waals surface area contributed by atoms with Gasteiger partial charge in [0.25, 0.3) is 0 Å². The van der Waals surface area contributed by atoms with Crippen molar-refractivity contribution in [2.24, 2.45) is 0 Å². The van der Waals surface area contributed by atoms with Gasteiger partial charge in [-0.1, -0.05) is 67.6 Å². The van der Waals surface area contributed by atoms with Crippen LogP contribution in [0.25, 0.3) is 0 Å². The first kappa shape index (κ1) is 14.5. The van der Waals surface area contributed by atoms with Crippen LogP contribution in [0.15, 0.2) is 60.7 Å². The van der Waals surface area contributed by atoms with E-state index in [9.17, 15) is 4.79 Å². The van der Waals surface area contributed by atoms with Crippen LogP contribution in [0.4, 0.5) is 0 Å². The molecule has 2 nitrogen and oxygen atoms in total. The van der Waals surface area contributed by atoms with Crippen LogP contribution in [-0.4, -0.2) is 16.5 Å². The van der Waals surface area contributed by atoms with Gasteiger partial charge in [0.05, 0.1) is 5.41 Å². The molecule has 0 saturated carbocycles. The van der Waals surface area contributed by atoms with Crippen LogP contribution in [0.3, 0.4) is 0 Å². The molecular weight excluding hydrogens is 264 g/mol. The van der Waals surface area contributed by atoms with E-state index in [-0.39, 0.29) is 11.9 Å². The fourth-order valence-corrected chi connectivity index (χ4v) is 3.04. The summed E-state index contributed by atoms with van der Waals surface area (Å²) in [7, 11) is 0.413. The van der Waals surface area contributed by atoms with E-state index in [0.29, 0.717) is 10.5 Å². The smallest absolute Gasteiger partial charge is 0.302 e. The summed E-state index contributed by atoms with van der Waals surface area (Å²) in [5.41, 5.74) is 1.48. The lowest BCUT2D eigenvalue weighted by Crippen LogP contribution is -2.39. The summed E-state index contributed by atoms with van der Waals surface area (Å²) in [5.74, 6) is -0.0979. The quantitative estimate of drug-likeness (QED) is 0.807. The van der Waals surface area contributed by atoms with E-state index in [1.165, 1.54) is 0 Å². The van der Waals surface area contributed by atoms with Gasteiger partial charge in [0, 0.05) is 5.92 Å². The maximum atomic E-state index is 12.5. The molecule has 0 saturated heterocycles. The summed E-state index contributed by atoms with van der Waals surface area (Å²) in [4.78, 5) is 12.5. The SMILES string of the molecule is CC(c1ccccc1)C(C)(C(=O)O[SiH3])c1ccccc1. The minimum absolute atomic E-state index is 0.0487. The van der Waals surface area contributed by atoms with Crippen LogP contribution in [0.2, 0.25) is 0 Å². The number of carbonyl (C=O) groups excluding carboxylic acids is 1. The van der Waals surface area contributed by atoms with Gasteiger partial charge in [0.1, 0.15) is 0 Å². The Labute approximate surface area is 123 Å². The molecule has 2 atom stereocenters. The second kappa shape index (κ2) is 6.05. The van der Waals surface area contributed by atoms with Crippen molar-refractivity contribution < 1.29 is 9.22 Å². The predicted molar refractivity (Wildman–Crippen MR) is 84.7 cm³/mol. The molecule has 2 aromatic rings. The van der Waals surface area contributed by atoms with E-state index in [4.69, 9.17) is 4.43 Å². The molecule has 0 bridgehead atoms. The summed E-state index contributed by atoms with van der Waals surface area (Å²) < 4.78 is 5.21. The zero-order valence-electron chi connectivity index (χ0n) is 12.2. The molecule has 0 aromatic heterocycles. The van der Waals surface area contributed by atoms with Crippen LogP contribution in [0.1, 0.15) is 30.9 Å². The molecule has 0 amide bonds. The Kier molecular flexibility index (Phi) is 4.40. The highest BCUT2D eigenvalue weighted by Crippen LogP contribution is 2.39. The summed E-state index contributed by atoms with van der Waals surface area (Å²) in [6.07, 6.45) is 0. The van der Waals surface area contributed by atoms with Crippen LogP contribution < -0.4 is 0 Å². The first-order valence-electron chi connectivity index (χ1n) is 6.79. The van der Waals surface area contributed by atoms with Gasteiger partial charge in [-0.2, -0.15) is 0 Å². The van der Waals surface area contributed by atoms with Crippen LogP contribution in [-0.2, 0) is 14.6 Å². The molecule has 0 aliphatic rings. The molecule has 2 aromatic carbocycles. The van der Waals surface area contributed by atoms with Crippen LogP contribution in [0.5, 0.6) is 0 Å². The third-order valence-electron chi connectivity index (χ3n) is 4.15. The lowest BCUT2D eigenvalue weighted by molar-refractivity contribution is -0.140. The molecule has 2 unspecified atom stereocenters. The fraction of sp³-hybridized carbons (Fsp3) is 0.235. The van der Waals surface area contributed by atoms with Crippen molar-refractivity contribution in [2.75, 3.05) is 0 Å². The second-order valence-electron chi connectivity index (χ2n) is 5.19. The standard InChI is InChI=1S/C17H20O2Si/c1-13(14-9-5-3-6-10-14)17(2,16(18)19-20)15-11-7-4-8-12-15/h3-13H,1-2,20H3. The Morgan fingerprint density at radius 1 is 1.05 bits per heavy atom. The Bertz CT molecular complexity index is 568. The van der Waals surface area contributed by atoms with Gasteiger partial charge < -0.3 is 4.43 Å². The largest absolute Gasteiger partial charge is 0.528 e. The number of hydrogen-bond acceptors (Lipinski definition) is 2. The molecule has 0 aliphatic carbocycles. The van der Waals surface area contributed by atoms with Crippen molar-refractivity contribution in [1.82, 2.24) is 0 Å². The van der Waals surface area contributed by atoms with Crippen molar-refractivity contribution in [3.8, 4) is 0 Å². The number of rotatable bonds is 4.